The second kappa shape index (κ2) is 10.3. The lowest BCUT2D eigenvalue weighted by Gasteiger charge is -2.35. The number of nitrogens with two attached hydrogens (primary N) is 1. The Morgan fingerprint density at radius 3 is 2.54 bits per heavy atom. The number of anilines is 1. The van der Waals surface area contributed by atoms with Crippen LogP contribution in [0.5, 0.6) is 5.75 Å². The molecule has 1 unspecified atom stereocenters. The van der Waals surface area contributed by atoms with Crippen LogP contribution in [0.3, 0.4) is 0 Å². The zero-order chi connectivity index (χ0) is 26.8. The number of dihydropyridines is 1. The number of ether oxygens (including phenoxy) is 2. The Kier molecular flexibility index (Phi) is 7.45. The SMILES string of the molecule is COc1cc(N2CCOCC2)ccc1C1(N)C=C(NCc2ccccc2S(C)(=O)=O)C(C(F)(F)F)=CN1. The van der Waals surface area contributed by atoms with Crippen molar-refractivity contribution in [3.05, 3.63) is 77.1 Å². The maximum absolute atomic E-state index is 13.9. The fraction of sp³-hybridized carbons (Fsp3) is 0.360. The van der Waals surface area contributed by atoms with Gasteiger partial charge in [-0.1, -0.05) is 18.2 Å². The van der Waals surface area contributed by atoms with Gasteiger partial charge in [0.05, 0.1) is 30.8 Å². The molecule has 2 aliphatic rings. The van der Waals surface area contributed by atoms with Crippen molar-refractivity contribution in [3.8, 4) is 5.75 Å². The minimum atomic E-state index is -4.69. The molecular weight excluding hydrogens is 509 g/mol. The Balaban J connectivity index is 1.69. The van der Waals surface area contributed by atoms with Crippen LogP contribution in [0.25, 0.3) is 0 Å². The summed E-state index contributed by atoms with van der Waals surface area (Å²) >= 11 is 0. The molecule has 1 saturated heterocycles. The molecule has 0 saturated carbocycles. The number of hydrogen-bond donors (Lipinski definition) is 3. The average Bonchev–Trinajstić information content (AvgIpc) is 2.86. The largest absolute Gasteiger partial charge is 0.496 e. The Hall–Kier alpha value is -3.22. The van der Waals surface area contributed by atoms with Gasteiger partial charge in [-0.3, -0.25) is 0 Å². The summed E-state index contributed by atoms with van der Waals surface area (Å²) in [6.45, 7) is 2.44. The van der Waals surface area contributed by atoms with Gasteiger partial charge in [0, 0.05) is 55.1 Å². The molecule has 2 aromatic rings. The maximum Gasteiger partial charge on any atom is 0.419 e. The van der Waals surface area contributed by atoms with Gasteiger partial charge >= 0.3 is 6.18 Å². The Bertz CT molecular complexity index is 1320. The van der Waals surface area contributed by atoms with Crippen molar-refractivity contribution in [2.24, 2.45) is 5.73 Å². The summed E-state index contributed by atoms with van der Waals surface area (Å²) in [6, 6.07) is 11.5. The van der Waals surface area contributed by atoms with E-state index in [1.165, 1.54) is 19.3 Å². The predicted octanol–water partition coefficient (Wildman–Crippen LogP) is 2.77. The predicted molar refractivity (Wildman–Crippen MR) is 134 cm³/mol. The summed E-state index contributed by atoms with van der Waals surface area (Å²) in [6.07, 6.45) is -1.58. The minimum absolute atomic E-state index is 0.0361. The van der Waals surface area contributed by atoms with Crippen LogP contribution in [0.2, 0.25) is 0 Å². The summed E-state index contributed by atoms with van der Waals surface area (Å²) in [5, 5.41) is 5.43. The molecule has 37 heavy (non-hydrogen) atoms. The van der Waals surface area contributed by atoms with Crippen molar-refractivity contribution in [3.63, 3.8) is 0 Å². The summed E-state index contributed by atoms with van der Waals surface area (Å²) in [5.74, 6) is 0.404. The molecule has 200 valence electrons. The van der Waals surface area contributed by atoms with Gasteiger partial charge < -0.3 is 30.7 Å². The number of nitrogens with zero attached hydrogens (tertiary/aromatic N) is 1. The number of sulfone groups is 1. The molecule has 0 bridgehead atoms. The van der Waals surface area contributed by atoms with Crippen molar-refractivity contribution in [1.29, 1.82) is 0 Å². The maximum atomic E-state index is 13.9. The lowest BCUT2D eigenvalue weighted by atomic mass is 9.93. The number of methoxy groups -OCH3 is 1. The molecule has 0 aromatic heterocycles. The smallest absolute Gasteiger partial charge is 0.419 e. The molecule has 0 aliphatic carbocycles. The van der Waals surface area contributed by atoms with Crippen molar-refractivity contribution >= 4 is 15.5 Å². The van der Waals surface area contributed by atoms with E-state index in [0.29, 0.717) is 43.2 Å². The Labute approximate surface area is 213 Å². The molecule has 0 amide bonds. The number of nitrogens with one attached hydrogen (secondary N) is 2. The first kappa shape index (κ1) is 26.8. The van der Waals surface area contributed by atoms with Crippen LogP contribution in [0.15, 0.2) is 70.9 Å². The van der Waals surface area contributed by atoms with Crippen LogP contribution in [-0.4, -0.2) is 54.3 Å². The van der Waals surface area contributed by atoms with Crippen LogP contribution < -0.4 is 26.0 Å². The number of morpholine rings is 1. The van der Waals surface area contributed by atoms with Crippen molar-refractivity contribution in [2.45, 2.75) is 23.3 Å². The van der Waals surface area contributed by atoms with Crippen LogP contribution in [0.1, 0.15) is 11.1 Å². The van der Waals surface area contributed by atoms with Crippen LogP contribution in [-0.2, 0) is 26.8 Å². The van der Waals surface area contributed by atoms with E-state index in [1.807, 2.05) is 6.07 Å². The first-order valence-corrected chi connectivity index (χ1v) is 13.4. The third-order valence-electron chi connectivity index (χ3n) is 6.27. The Morgan fingerprint density at radius 2 is 1.89 bits per heavy atom. The van der Waals surface area contributed by atoms with E-state index >= 15 is 0 Å². The van der Waals surface area contributed by atoms with Gasteiger partial charge in [-0.2, -0.15) is 13.2 Å². The van der Waals surface area contributed by atoms with E-state index in [1.54, 1.807) is 30.3 Å². The first-order chi connectivity index (χ1) is 17.4. The molecule has 0 radical (unpaired) electrons. The normalized spacial score (nSPS) is 20.5. The van der Waals surface area contributed by atoms with Crippen molar-refractivity contribution in [1.82, 2.24) is 10.6 Å². The monoisotopic (exact) mass is 538 g/mol. The summed E-state index contributed by atoms with van der Waals surface area (Å²) < 4.78 is 76.9. The lowest BCUT2D eigenvalue weighted by molar-refractivity contribution is -0.0908. The van der Waals surface area contributed by atoms with Gasteiger partial charge in [-0.25, -0.2) is 8.42 Å². The van der Waals surface area contributed by atoms with Crippen LogP contribution in [0, 0.1) is 0 Å². The second-order valence-electron chi connectivity index (χ2n) is 8.84. The Morgan fingerprint density at radius 1 is 1.19 bits per heavy atom. The van der Waals surface area contributed by atoms with Gasteiger partial charge in [0.15, 0.2) is 9.84 Å². The van der Waals surface area contributed by atoms with E-state index in [0.717, 1.165) is 18.1 Å². The molecule has 8 nitrogen and oxygen atoms in total. The summed E-state index contributed by atoms with van der Waals surface area (Å²) in [5.41, 5.74) is 5.47. The lowest BCUT2D eigenvalue weighted by Crippen LogP contribution is -2.50. The van der Waals surface area contributed by atoms with Gasteiger partial charge in [0.2, 0.25) is 0 Å². The summed E-state index contributed by atoms with van der Waals surface area (Å²) in [4.78, 5) is 2.16. The quantitative estimate of drug-likeness (QED) is 0.494. The highest BCUT2D eigenvalue weighted by molar-refractivity contribution is 7.90. The fourth-order valence-corrected chi connectivity index (χ4v) is 5.34. The van der Waals surface area contributed by atoms with E-state index < -0.39 is 27.2 Å². The standard InChI is InChI=1S/C25H29F3N4O4S/c1-35-22-13-18(32-9-11-36-12-10-32)7-8-19(22)24(29)14-21(20(16-31-24)25(26,27)28)30-15-17-5-3-4-6-23(17)37(2,33)34/h3-8,13-14,16,30-31H,9-12,15,29H2,1-2H3. The third-order valence-corrected chi connectivity index (χ3v) is 7.47. The molecular formula is C25H29F3N4O4S. The average molecular weight is 539 g/mol. The van der Waals surface area contributed by atoms with Gasteiger partial charge in [-0.05, 0) is 29.8 Å². The minimum Gasteiger partial charge on any atom is -0.496 e. The highest BCUT2D eigenvalue weighted by Crippen LogP contribution is 2.38. The molecule has 1 atom stereocenters. The molecule has 2 aromatic carbocycles. The van der Waals surface area contributed by atoms with E-state index in [2.05, 4.69) is 15.5 Å². The zero-order valence-electron chi connectivity index (χ0n) is 20.4. The second-order valence-corrected chi connectivity index (χ2v) is 10.8. The molecule has 1 fully saturated rings. The third kappa shape index (κ3) is 5.86. The molecule has 4 N–H and O–H groups in total. The first-order valence-electron chi connectivity index (χ1n) is 11.5. The van der Waals surface area contributed by atoms with Crippen molar-refractivity contribution in [2.75, 3.05) is 44.6 Å². The highest BCUT2D eigenvalue weighted by Gasteiger charge is 2.41. The number of hydrogen-bond acceptors (Lipinski definition) is 8. The number of benzene rings is 2. The number of alkyl halides is 3. The molecule has 2 heterocycles. The fourth-order valence-electron chi connectivity index (χ4n) is 4.39. The molecule has 12 heteroatoms. The summed E-state index contributed by atoms with van der Waals surface area (Å²) in [7, 11) is -2.11. The number of halogens is 3. The number of allylic oxidation sites excluding steroid dienone is 1. The van der Waals surface area contributed by atoms with E-state index in [4.69, 9.17) is 15.2 Å². The molecule has 2 aliphatic heterocycles. The zero-order valence-corrected chi connectivity index (χ0v) is 21.2. The van der Waals surface area contributed by atoms with E-state index in [-0.39, 0.29) is 17.1 Å². The van der Waals surface area contributed by atoms with Gasteiger partial charge in [-0.15, -0.1) is 0 Å². The topological polar surface area (TPSA) is 106 Å². The van der Waals surface area contributed by atoms with Crippen LogP contribution >= 0.6 is 0 Å². The van der Waals surface area contributed by atoms with Gasteiger partial charge in [0.1, 0.15) is 11.4 Å². The van der Waals surface area contributed by atoms with Crippen LogP contribution in [0.4, 0.5) is 18.9 Å². The van der Waals surface area contributed by atoms with Crippen molar-refractivity contribution < 1.29 is 31.1 Å². The van der Waals surface area contributed by atoms with E-state index in [9.17, 15) is 21.6 Å². The molecule has 4 rings (SSSR count). The van der Waals surface area contributed by atoms with Gasteiger partial charge in [0.25, 0.3) is 0 Å². The number of rotatable bonds is 7. The molecule has 0 spiro atoms. The highest BCUT2D eigenvalue weighted by atomic mass is 32.2.